The first-order valence-electron chi connectivity index (χ1n) is 10.9. The summed E-state index contributed by atoms with van der Waals surface area (Å²) in [5.41, 5.74) is 2.20. The van der Waals surface area contributed by atoms with Gasteiger partial charge in [0.1, 0.15) is 0 Å². The van der Waals surface area contributed by atoms with Crippen LogP contribution in [0.25, 0.3) is 5.57 Å². The Morgan fingerprint density at radius 2 is 1.68 bits per heavy atom. The molecule has 2 fully saturated rings. The van der Waals surface area contributed by atoms with Crippen LogP contribution in [-0.2, 0) is 19.4 Å². The van der Waals surface area contributed by atoms with Crippen LogP contribution in [0.3, 0.4) is 0 Å². The number of likely N-dealkylation sites (tertiary alicyclic amines) is 1. The molecule has 0 N–H and O–H groups in total. The molecule has 0 aliphatic carbocycles. The first-order valence-corrected chi connectivity index (χ1v) is 12.8. The molecule has 0 saturated carbocycles. The number of hydrogen-bond donors (Lipinski definition) is 0. The van der Waals surface area contributed by atoms with E-state index in [1.165, 1.54) is 13.4 Å². The van der Waals surface area contributed by atoms with Gasteiger partial charge in [0.2, 0.25) is 0 Å². The third-order valence-electron chi connectivity index (χ3n) is 6.91. The van der Waals surface area contributed by atoms with Crippen LogP contribution < -0.4 is 0 Å². The van der Waals surface area contributed by atoms with Crippen LogP contribution in [0.1, 0.15) is 44.6 Å². The van der Waals surface area contributed by atoms with Gasteiger partial charge in [-0.1, -0.05) is 19.1 Å². The van der Waals surface area contributed by atoms with Crippen LogP contribution in [0.4, 0.5) is 4.79 Å². The molecule has 31 heavy (non-hydrogen) atoms. The van der Waals surface area contributed by atoms with Gasteiger partial charge in [-0.3, -0.25) is 0 Å². The fourth-order valence-corrected chi connectivity index (χ4v) is 5.74. The Hall–Kier alpha value is -2.35. The van der Waals surface area contributed by atoms with Crippen LogP contribution in [-0.4, -0.2) is 68.8 Å². The van der Waals surface area contributed by atoms with Gasteiger partial charge in [-0.15, -0.1) is 0 Å². The highest BCUT2D eigenvalue weighted by atomic mass is 32.2. The van der Waals surface area contributed by atoms with Crippen molar-refractivity contribution in [1.82, 2.24) is 9.80 Å². The number of rotatable bonds is 3. The molecule has 2 saturated heterocycles. The average Bonchev–Trinajstić information content (AvgIpc) is 3.06. The Labute approximate surface area is 184 Å². The first kappa shape index (κ1) is 21.9. The number of ether oxygens (including phenoxy) is 1. The highest BCUT2D eigenvalue weighted by Crippen LogP contribution is 2.44. The highest BCUT2D eigenvalue weighted by molar-refractivity contribution is 7.90. The molecule has 2 unspecified atom stereocenters. The van der Waals surface area contributed by atoms with Crippen LogP contribution in [0, 0.1) is 5.92 Å². The maximum Gasteiger partial charge on any atom is 0.336 e. The van der Waals surface area contributed by atoms with Gasteiger partial charge in [-0.25, -0.2) is 18.0 Å². The molecule has 0 spiro atoms. The molecule has 7 nitrogen and oxygen atoms in total. The second-order valence-electron chi connectivity index (χ2n) is 8.99. The fourth-order valence-electron chi connectivity index (χ4n) is 5.11. The lowest BCUT2D eigenvalue weighted by Crippen LogP contribution is -2.53. The second-order valence-corrected chi connectivity index (χ2v) is 11.0. The summed E-state index contributed by atoms with van der Waals surface area (Å²) in [5.74, 6) is 0.215. The summed E-state index contributed by atoms with van der Waals surface area (Å²) in [4.78, 5) is 30.3. The monoisotopic (exact) mass is 446 g/mol. The summed E-state index contributed by atoms with van der Waals surface area (Å²) >= 11 is 0. The molecule has 3 heterocycles. The number of carbonyl (C=O) groups is 2. The lowest BCUT2D eigenvalue weighted by Gasteiger charge is -2.41. The molecule has 2 amide bonds. The van der Waals surface area contributed by atoms with Crippen molar-refractivity contribution >= 4 is 27.4 Å². The molecule has 3 aliphatic heterocycles. The van der Waals surface area contributed by atoms with E-state index in [1.807, 2.05) is 9.80 Å². The SMILES string of the molecule is COC(=O)C1=C(c2ccc(S(C)(=O)=O)cc2)CC2CCC1N2C(=O)N1CCC(C)CC1. The van der Waals surface area contributed by atoms with Gasteiger partial charge >= 0.3 is 12.0 Å². The van der Waals surface area contributed by atoms with Gasteiger partial charge in [0.05, 0.1) is 23.6 Å². The van der Waals surface area contributed by atoms with E-state index >= 15 is 0 Å². The van der Waals surface area contributed by atoms with Gasteiger partial charge in [-0.2, -0.15) is 0 Å². The van der Waals surface area contributed by atoms with E-state index in [0.717, 1.165) is 49.9 Å². The Morgan fingerprint density at radius 1 is 1.03 bits per heavy atom. The average molecular weight is 447 g/mol. The van der Waals surface area contributed by atoms with E-state index in [4.69, 9.17) is 4.74 Å². The first-order chi connectivity index (χ1) is 14.7. The topological polar surface area (TPSA) is 84.0 Å². The number of fused-ring (bicyclic) bond motifs is 2. The molecule has 2 atom stereocenters. The largest absolute Gasteiger partial charge is 0.466 e. The molecule has 8 heteroatoms. The normalized spacial score (nSPS) is 24.5. The lowest BCUT2D eigenvalue weighted by atomic mass is 9.88. The smallest absolute Gasteiger partial charge is 0.336 e. The molecule has 0 aromatic heterocycles. The number of sulfone groups is 1. The Kier molecular flexibility index (Phi) is 5.85. The third kappa shape index (κ3) is 4.10. The summed E-state index contributed by atoms with van der Waals surface area (Å²) in [5, 5.41) is 0. The van der Waals surface area contributed by atoms with Gasteiger partial charge in [-0.05, 0) is 61.3 Å². The van der Waals surface area contributed by atoms with E-state index < -0.39 is 15.8 Å². The zero-order chi connectivity index (χ0) is 22.3. The number of urea groups is 1. The number of esters is 1. The molecular weight excluding hydrogens is 416 g/mol. The molecule has 2 bridgehead atoms. The predicted molar refractivity (Wildman–Crippen MR) is 117 cm³/mol. The quantitative estimate of drug-likeness (QED) is 0.666. The molecule has 0 radical (unpaired) electrons. The van der Waals surface area contributed by atoms with Gasteiger partial charge < -0.3 is 14.5 Å². The van der Waals surface area contributed by atoms with Crippen molar-refractivity contribution in [2.24, 2.45) is 5.92 Å². The number of piperidine rings is 1. The lowest BCUT2D eigenvalue weighted by molar-refractivity contribution is -0.136. The van der Waals surface area contributed by atoms with E-state index in [9.17, 15) is 18.0 Å². The Bertz CT molecular complexity index is 1010. The van der Waals surface area contributed by atoms with Crippen molar-refractivity contribution in [1.29, 1.82) is 0 Å². The molecule has 4 rings (SSSR count). The summed E-state index contributed by atoms with van der Waals surface area (Å²) in [7, 11) is -1.94. The molecule has 1 aromatic rings. The van der Waals surface area contributed by atoms with Crippen molar-refractivity contribution < 1.29 is 22.7 Å². The summed E-state index contributed by atoms with van der Waals surface area (Å²) in [6.07, 6.45) is 5.32. The number of nitrogens with zero attached hydrogens (tertiary/aromatic N) is 2. The van der Waals surface area contributed by atoms with E-state index in [-0.39, 0.29) is 23.0 Å². The second kappa shape index (κ2) is 8.30. The van der Waals surface area contributed by atoms with Crippen molar-refractivity contribution in [3.63, 3.8) is 0 Å². The Morgan fingerprint density at radius 3 is 2.26 bits per heavy atom. The van der Waals surface area contributed by atoms with Crippen molar-refractivity contribution in [3.05, 3.63) is 35.4 Å². The highest BCUT2D eigenvalue weighted by Gasteiger charge is 2.47. The van der Waals surface area contributed by atoms with Crippen molar-refractivity contribution in [2.75, 3.05) is 26.5 Å². The predicted octanol–water partition coefficient (Wildman–Crippen LogP) is 3.11. The van der Waals surface area contributed by atoms with Crippen molar-refractivity contribution in [3.8, 4) is 0 Å². The number of methoxy groups -OCH3 is 1. The van der Waals surface area contributed by atoms with Crippen molar-refractivity contribution in [2.45, 2.75) is 56.0 Å². The third-order valence-corrected chi connectivity index (χ3v) is 8.04. The van der Waals surface area contributed by atoms with E-state index in [0.29, 0.717) is 17.9 Å². The van der Waals surface area contributed by atoms with E-state index in [2.05, 4.69) is 6.92 Å². The van der Waals surface area contributed by atoms with Gasteiger partial charge in [0.15, 0.2) is 9.84 Å². The zero-order valence-corrected chi connectivity index (χ0v) is 19.2. The number of benzene rings is 1. The van der Waals surface area contributed by atoms with Crippen LogP contribution >= 0.6 is 0 Å². The number of hydrogen-bond acceptors (Lipinski definition) is 5. The minimum absolute atomic E-state index is 0.0206. The standard InChI is InChI=1S/C23H30N2O5S/c1-15-10-12-24(13-11-15)23(27)25-17-6-9-20(25)21(22(26)30-2)19(14-17)16-4-7-18(8-5-16)31(3,28)29/h4-5,7-8,15,17,20H,6,9-14H2,1-3H3. The summed E-state index contributed by atoms with van der Waals surface area (Å²) < 4.78 is 28.7. The molecule has 168 valence electrons. The minimum Gasteiger partial charge on any atom is -0.466 e. The van der Waals surface area contributed by atoms with Crippen LogP contribution in [0.15, 0.2) is 34.7 Å². The van der Waals surface area contributed by atoms with Gasteiger partial charge in [0.25, 0.3) is 0 Å². The molecule has 1 aromatic carbocycles. The fraction of sp³-hybridized carbons (Fsp3) is 0.565. The minimum atomic E-state index is -3.30. The Balaban J connectivity index is 1.68. The van der Waals surface area contributed by atoms with Crippen LogP contribution in [0.2, 0.25) is 0 Å². The molecular formula is C23H30N2O5S. The zero-order valence-electron chi connectivity index (χ0n) is 18.3. The van der Waals surface area contributed by atoms with Gasteiger partial charge in [0, 0.05) is 25.4 Å². The molecule has 3 aliphatic rings. The van der Waals surface area contributed by atoms with Crippen LogP contribution in [0.5, 0.6) is 0 Å². The summed E-state index contributed by atoms with van der Waals surface area (Å²) in [6, 6.07) is 6.39. The number of carbonyl (C=O) groups excluding carboxylic acids is 2. The maximum atomic E-state index is 13.4. The number of amides is 2. The van der Waals surface area contributed by atoms with E-state index in [1.54, 1.807) is 24.3 Å². The summed E-state index contributed by atoms with van der Waals surface area (Å²) in [6.45, 7) is 3.73. The maximum absolute atomic E-state index is 13.4.